The molecule has 0 aliphatic carbocycles. The van der Waals surface area contributed by atoms with Gasteiger partial charge in [0.25, 0.3) is 0 Å². The van der Waals surface area contributed by atoms with Gasteiger partial charge in [-0.2, -0.15) is 0 Å². The van der Waals surface area contributed by atoms with E-state index in [2.05, 4.69) is 16.3 Å². The van der Waals surface area contributed by atoms with Crippen LogP contribution in [0.1, 0.15) is 18.4 Å². The lowest BCUT2D eigenvalue weighted by Crippen LogP contribution is -2.44. The van der Waals surface area contributed by atoms with Gasteiger partial charge < -0.3 is 15.0 Å². The number of nitrogens with one attached hydrogen (secondary N) is 1. The number of aryl methyl sites for hydroxylation is 1. The van der Waals surface area contributed by atoms with Crippen LogP contribution in [0.4, 0.5) is 5.69 Å². The van der Waals surface area contributed by atoms with Gasteiger partial charge in [0.2, 0.25) is 0 Å². The first-order valence-electron chi connectivity index (χ1n) is 6.42. The van der Waals surface area contributed by atoms with Gasteiger partial charge in [-0.3, -0.25) is 0 Å². The van der Waals surface area contributed by atoms with Crippen molar-refractivity contribution < 1.29 is 4.74 Å². The molecule has 1 aliphatic heterocycles. The lowest BCUT2D eigenvalue weighted by atomic mass is 10.0. The molecule has 100 valence electrons. The average molecular weight is 269 g/mol. The van der Waals surface area contributed by atoms with Crippen molar-refractivity contribution in [2.45, 2.75) is 25.8 Å². The number of nitrogens with zero attached hydrogens (tertiary/aromatic N) is 1. The van der Waals surface area contributed by atoms with Crippen molar-refractivity contribution >= 4 is 17.3 Å². The van der Waals surface area contributed by atoms with Crippen LogP contribution in [-0.2, 0) is 0 Å². The number of hydrogen-bond donors (Lipinski definition) is 1. The molecule has 0 aromatic heterocycles. The molecule has 1 aliphatic rings. The van der Waals surface area contributed by atoms with E-state index in [0.717, 1.165) is 35.1 Å². The molecule has 0 saturated carbocycles. The molecular weight excluding hydrogens is 248 g/mol. The fourth-order valence-corrected chi connectivity index (χ4v) is 2.64. The van der Waals surface area contributed by atoms with Gasteiger partial charge in [0, 0.05) is 30.2 Å². The Morgan fingerprint density at radius 3 is 2.89 bits per heavy atom. The van der Waals surface area contributed by atoms with Crippen molar-refractivity contribution in [1.29, 1.82) is 0 Å². The predicted molar refractivity (Wildman–Crippen MR) is 77.0 cm³/mol. The van der Waals surface area contributed by atoms with Gasteiger partial charge in [-0.25, -0.2) is 0 Å². The highest BCUT2D eigenvalue weighted by Crippen LogP contribution is 2.35. The molecule has 18 heavy (non-hydrogen) atoms. The second-order valence-electron chi connectivity index (χ2n) is 4.85. The van der Waals surface area contributed by atoms with E-state index in [1.807, 2.05) is 20.0 Å². The Morgan fingerprint density at radius 1 is 1.44 bits per heavy atom. The molecule has 0 amide bonds. The predicted octanol–water partition coefficient (Wildman–Crippen LogP) is 2.85. The average Bonchev–Trinajstić information content (AvgIpc) is 2.41. The van der Waals surface area contributed by atoms with E-state index < -0.39 is 0 Å². The molecule has 2 rings (SSSR count). The second kappa shape index (κ2) is 5.81. The first kappa shape index (κ1) is 13.5. The standard InChI is InChI=1S/C14H21ClN2O/c1-10-7-13(14(18-3)8-12(10)15)17-6-4-5-11(9-17)16-2/h7-8,11,16H,4-6,9H2,1-3H3. The van der Waals surface area contributed by atoms with Gasteiger partial charge >= 0.3 is 0 Å². The number of piperidine rings is 1. The quantitative estimate of drug-likeness (QED) is 0.912. The van der Waals surface area contributed by atoms with Crippen LogP contribution in [0.25, 0.3) is 0 Å². The largest absolute Gasteiger partial charge is 0.495 e. The minimum absolute atomic E-state index is 0.555. The van der Waals surface area contributed by atoms with Gasteiger partial charge in [-0.05, 0) is 38.4 Å². The van der Waals surface area contributed by atoms with Crippen molar-refractivity contribution in [3.05, 3.63) is 22.7 Å². The van der Waals surface area contributed by atoms with Crippen molar-refractivity contribution in [1.82, 2.24) is 5.32 Å². The Kier molecular flexibility index (Phi) is 4.36. The van der Waals surface area contributed by atoms with E-state index in [9.17, 15) is 0 Å². The van der Waals surface area contributed by atoms with Crippen molar-refractivity contribution in [3.63, 3.8) is 0 Å². The van der Waals surface area contributed by atoms with Crippen LogP contribution >= 0.6 is 11.6 Å². The molecule has 3 nitrogen and oxygen atoms in total. The summed E-state index contributed by atoms with van der Waals surface area (Å²) in [6.45, 7) is 4.13. The first-order valence-corrected chi connectivity index (χ1v) is 6.80. The molecule has 1 unspecified atom stereocenters. The molecule has 1 N–H and O–H groups in total. The zero-order chi connectivity index (χ0) is 13.1. The Bertz CT molecular complexity index is 423. The number of halogens is 1. The molecule has 1 saturated heterocycles. The Labute approximate surface area is 114 Å². The monoisotopic (exact) mass is 268 g/mol. The minimum atomic E-state index is 0.555. The highest BCUT2D eigenvalue weighted by Gasteiger charge is 2.21. The molecule has 1 fully saturated rings. The Hall–Kier alpha value is -0.930. The van der Waals surface area contributed by atoms with Crippen molar-refractivity contribution in [2.75, 3.05) is 32.1 Å². The lowest BCUT2D eigenvalue weighted by molar-refractivity contribution is 0.406. The summed E-state index contributed by atoms with van der Waals surface area (Å²) in [6, 6.07) is 4.59. The third kappa shape index (κ3) is 2.73. The molecule has 0 bridgehead atoms. The normalized spacial score (nSPS) is 20.0. The molecule has 1 atom stereocenters. The molecule has 0 radical (unpaired) electrons. The van der Waals surface area contributed by atoms with Gasteiger partial charge in [-0.1, -0.05) is 11.6 Å². The number of likely N-dealkylation sites (N-methyl/N-ethyl adjacent to an activating group) is 1. The van der Waals surface area contributed by atoms with Crippen LogP contribution in [0, 0.1) is 6.92 Å². The third-order valence-electron chi connectivity index (χ3n) is 3.63. The maximum Gasteiger partial charge on any atom is 0.143 e. The number of methoxy groups -OCH3 is 1. The van der Waals surface area contributed by atoms with Gasteiger partial charge in [0.05, 0.1) is 12.8 Å². The first-order chi connectivity index (χ1) is 8.65. The highest BCUT2D eigenvalue weighted by atomic mass is 35.5. The van der Waals surface area contributed by atoms with Crippen molar-refractivity contribution in [3.8, 4) is 5.75 Å². The number of rotatable bonds is 3. The Balaban J connectivity index is 2.28. The maximum absolute atomic E-state index is 6.15. The van der Waals surface area contributed by atoms with Gasteiger partial charge in [0.1, 0.15) is 5.75 Å². The van der Waals surface area contributed by atoms with E-state index in [4.69, 9.17) is 16.3 Å². The maximum atomic E-state index is 6.15. The van der Waals surface area contributed by atoms with Gasteiger partial charge in [-0.15, -0.1) is 0 Å². The van der Waals surface area contributed by atoms with Crippen LogP contribution in [0.15, 0.2) is 12.1 Å². The topological polar surface area (TPSA) is 24.5 Å². The fraction of sp³-hybridized carbons (Fsp3) is 0.571. The summed E-state index contributed by atoms with van der Waals surface area (Å²) >= 11 is 6.15. The molecular formula is C14H21ClN2O. The lowest BCUT2D eigenvalue weighted by Gasteiger charge is -2.35. The van der Waals surface area contributed by atoms with Crippen molar-refractivity contribution in [2.24, 2.45) is 0 Å². The molecule has 1 aromatic carbocycles. The summed E-state index contributed by atoms with van der Waals surface area (Å²) in [6.07, 6.45) is 2.44. The molecule has 4 heteroatoms. The third-order valence-corrected chi connectivity index (χ3v) is 4.04. The number of ether oxygens (including phenoxy) is 1. The summed E-state index contributed by atoms with van der Waals surface area (Å²) < 4.78 is 5.46. The molecule has 1 heterocycles. The number of benzene rings is 1. The van der Waals surface area contributed by atoms with E-state index in [0.29, 0.717) is 6.04 Å². The summed E-state index contributed by atoms with van der Waals surface area (Å²) in [7, 11) is 3.72. The fourth-order valence-electron chi connectivity index (χ4n) is 2.49. The van der Waals surface area contributed by atoms with Crippen LogP contribution < -0.4 is 15.0 Å². The summed E-state index contributed by atoms with van der Waals surface area (Å²) in [5, 5.41) is 4.12. The van der Waals surface area contributed by atoms with Gasteiger partial charge in [0.15, 0.2) is 0 Å². The van der Waals surface area contributed by atoms with E-state index in [1.54, 1.807) is 7.11 Å². The zero-order valence-corrected chi connectivity index (χ0v) is 12.0. The second-order valence-corrected chi connectivity index (χ2v) is 5.25. The minimum Gasteiger partial charge on any atom is -0.495 e. The zero-order valence-electron chi connectivity index (χ0n) is 11.3. The molecule has 0 spiro atoms. The van der Waals surface area contributed by atoms with Crippen LogP contribution in [-0.4, -0.2) is 33.3 Å². The summed E-state index contributed by atoms with van der Waals surface area (Å²) in [4.78, 5) is 2.38. The van der Waals surface area contributed by atoms with E-state index >= 15 is 0 Å². The van der Waals surface area contributed by atoms with Crippen LogP contribution in [0.3, 0.4) is 0 Å². The summed E-state index contributed by atoms with van der Waals surface area (Å²) in [5.74, 6) is 0.863. The van der Waals surface area contributed by atoms with E-state index in [1.165, 1.54) is 12.8 Å². The Morgan fingerprint density at radius 2 is 2.22 bits per heavy atom. The smallest absolute Gasteiger partial charge is 0.143 e. The van der Waals surface area contributed by atoms with Crippen LogP contribution in [0.2, 0.25) is 5.02 Å². The highest BCUT2D eigenvalue weighted by molar-refractivity contribution is 6.31. The van der Waals surface area contributed by atoms with Crippen LogP contribution in [0.5, 0.6) is 5.75 Å². The van der Waals surface area contributed by atoms with E-state index in [-0.39, 0.29) is 0 Å². The molecule has 1 aromatic rings. The SMILES string of the molecule is CNC1CCCN(c2cc(C)c(Cl)cc2OC)C1. The summed E-state index contributed by atoms with van der Waals surface area (Å²) in [5.41, 5.74) is 2.25. The number of anilines is 1. The number of hydrogen-bond acceptors (Lipinski definition) is 3.